The Kier molecular flexibility index (Phi) is 5.45. The second kappa shape index (κ2) is 8.12. The van der Waals surface area contributed by atoms with E-state index in [0.717, 1.165) is 12.1 Å². The van der Waals surface area contributed by atoms with Crippen molar-refractivity contribution in [3.63, 3.8) is 0 Å². The van der Waals surface area contributed by atoms with Crippen LogP contribution in [-0.4, -0.2) is 38.9 Å². The maximum absolute atomic E-state index is 13.3. The van der Waals surface area contributed by atoms with Gasteiger partial charge in [-0.3, -0.25) is 4.79 Å². The number of anilines is 2. The molecule has 170 valence electrons. The minimum absolute atomic E-state index is 0.108. The van der Waals surface area contributed by atoms with Gasteiger partial charge in [-0.2, -0.15) is 18.3 Å². The number of carbonyl (C=O) groups is 1. The first-order valence-electron chi connectivity index (χ1n) is 9.19. The van der Waals surface area contributed by atoms with Gasteiger partial charge in [0.05, 0.1) is 4.90 Å². The van der Waals surface area contributed by atoms with Gasteiger partial charge in [-0.1, -0.05) is 0 Å². The summed E-state index contributed by atoms with van der Waals surface area (Å²) < 4.78 is 67.4. The summed E-state index contributed by atoms with van der Waals surface area (Å²) >= 11 is 0. The Bertz CT molecular complexity index is 1440. The smallest absolute Gasteiger partial charge is 0.321 e. The third-order valence-corrected chi connectivity index (χ3v) is 5.64. The van der Waals surface area contributed by atoms with E-state index < -0.39 is 27.8 Å². The van der Waals surface area contributed by atoms with E-state index in [1.54, 1.807) is 0 Å². The highest BCUT2D eigenvalue weighted by atomic mass is 32.2. The topological polar surface area (TPSA) is 131 Å². The molecule has 10 nitrogen and oxygen atoms in total. The number of amides is 1. The molecule has 0 aliphatic heterocycles. The van der Waals surface area contributed by atoms with E-state index in [-0.39, 0.29) is 33.6 Å². The zero-order chi connectivity index (χ0) is 23.8. The fourth-order valence-electron chi connectivity index (χ4n) is 2.86. The number of fused-ring (bicyclic) bond motifs is 1. The number of carbonyl (C=O) groups excluding carboxylic acids is 1. The van der Waals surface area contributed by atoms with Crippen LogP contribution in [0.25, 0.3) is 5.65 Å². The maximum atomic E-state index is 13.3. The molecule has 14 heteroatoms. The highest BCUT2D eigenvalue weighted by molar-refractivity contribution is 7.92. The van der Waals surface area contributed by atoms with E-state index in [2.05, 4.69) is 30.1 Å². The number of rotatable bonds is 5. The SMILES string of the molecule is Cc1cc(C(F)(F)F)n2nc(C(=O)Nc3ccc(S(=O)(=O)Nc4ncccn4)cc3)cc2n1. The summed E-state index contributed by atoms with van der Waals surface area (Å²) in [5, 5.41) is 6.18. The van der Waals surface area contributed by atoms with Crippen LogP contribution in [0.3, 0.4) is 0 Å². The number of aromatic nitrogens is 5. The summed E-state index contributed by atoms with van der Waals surface area (Å²) in [6.45, 7) is 1.40. The van der Waals surface area contributed by atoms with Crippen LogP contribution < -0.4 is 10.0 Å². The fourth-order valence-corrected chi connectivity index (χ4v) is 3.81. The number of benzene rings is 1. The van der Waals surface area contributed by atoms with Gasteiger partial charge in [0.2, 0.25) is 5.95 Å². The molecule has 0 fully saturated rings. The van der Waals surface area contributed by atoms with Crippen LogP contribution in [0, 0.1) is 6.92 Å². The quantitative estimate of drug-likeness (QED) is 0.452. The summed E-state index contributed by atoms with van der Waals surface area (Å²) in [6, 6.07) is 8.58. The van der Waals surface area contributed by atoms with E-state index in [1.807, 2.05) is 0 Å². The number of hydrogen-bond acceptors (Lipinski definition) is 7. The van der Waals surface area contributed by atoms with Gasteiger partial charge in [0.15, 0.2) is 11.3 Å². The predicted molar refractivity (Wildman–Crippen MR) is 110 cm³/mol. The lowest BCUT2D eigenvalue weighted by Crippen LogP contribution is -2.16. The number of nitrogens with one attached hydrogen (secondary N) is 2. The maximum Gasteiger partial charge on any atom is 0.433 e. The van der Waals surface area contributed by atoms with Crippen LogP contribution in [0.1, 0.15) is 21.9 Å². The molecular formula is C19H14F3N7O3S. The van der Waals surface area contributed by atoms with Crippen LogP contribution >= 0.6 is 0 Å². The Labute approximate surface area is 184 Å². The van der Waals surface area contributed by atoms with E-state index in [0.29, 0.717) is 4.52 Å². The molecule has 0 saturated heterocycles. The number of alkyl halides is 3. The highest BCUT2D eigenvalue weighted by Gasteiger charge is 2.35. The molecule has 0 spiro atoms. The number of hydrogen-bond donors (Lipinski definition) is 2. The second-order valence-electron chi connectivity index (χ2n) is 6.74. The molecule has 1 aromatic carbocycles. The average Bonchev–Trinajstić information content (AvgIpc) is 3.17. The Hall–Kier alpha value is -4.07. The van der Waals surface area contributed by atoms with E-state index in [1.165, 1.54) is 49.6 Å². The molecule has 0 aliphatic carbocycles. The molecule has 0 radical (unpaired) electrons. The number of nitrogens with zero attached hydrogens (tertiary/aromatic N) is 5. The molecule has 3 aromatic heterocycles. The van der Waals surface area contributed by atoms with Gasteiger partial charge in [0.25, 0.3) is 15.9 Å². The molecular weight excluding hydrogens is 463 g/mol. The lowest BCUT2D eigenvalue weighted by Gasteiger charge is -2.09. The van der Waals surface area contributed by atoms with Gasteiger partial charge in [0, 0.05) is 29.8 Å². The van der Waals surface area contributed by atoms with Crippen molar-refractivity contribution in [1.29, 1.82) is 0 Å². The molecule has 3 heterocycles. The zero-order valence-corrected chi connectivity index (χ0v) is 17.5. The third-order valence-electron chi connectivity index (χ3n) is 4.29. The van der Waals surface area contributed by atoms with Crippen LogP contribution in [0.2, 0.25) is 0 Å². The number of aryl methyl sites for hydroxylation is 1. The Morgan fingerprint density at radius 1 is 1.06 bits per heavy atom. The van der Waals surface area contributed by atoms with E-state index in [9.17, 15) is 26.4 Å². The first-order chi connectivity index (χ1) is 15.5. The summed E-state index contributed by atoms with van der Waals surface area (Å²) in [7, 11) is -3.97. The first kappa shape index (κ1) is 22.1. The lowest BCUT2D eigenvalue weighted by atomic mass is 10.3. The Balaban J connectivity index is 1.54. The number of halogens is 3. The van der Waals surface area contributed by atoms with Crippen LogP contribution in [-0.2, 0) is 16.2 Å². The zero-order valence-electron chi connectivity index (χ0n) is 16.7. The van der Waals surface area contributed by atoms with Crippen LogP contribution in [0.5, 0.6) is 0 Å². The van der Waals surface area contributed by atoms with Gasteiger partial charge in [-0.15, -0.1) is 0 Å². The molecule has 0 saturated carbocycles. The summed E-state index contributed by atoms with van der Waals surface area (Å²) in [5.41, 5.74) is -1.17. The Morgan fingerprint density at radius 3 is 2.36 bits per heavy atom. The molecule has 4 rings (SSSR count). The summed E-state index contributed by atoms with van der Waals surface area (Å²) in [6.07, 6.45) is -1.94. The fraction of sp³-hybridized carbons (Fsp3) is 0.105. The van der Waals surface area contributed by atoms with Crippen molar-refractivity contribution < 1.29 is 26.4 Å². The monoisotopic (exact) mass is 477 g/mol. The molecule has 1 amide bonds. The van der Waals surface area contributed by atoms with Crippen molar-refractivity contribution in [2.75, 3.05) is 10.0 Å². The minimum Gasteiger partial charge on any atom is -0.321 e. The van der Waals surface area contributed by atoms with Crippen molar-refractivity contribution >= 4 is 33.2 Å². The molecule has 0 unspecified atom stereocenters. The van der Waals surface area contributed by atoms with Crippen LogP contribution in [0.4, 0.5) is 24.8 Å². The van der Waals surface area contributed by atoms with Gasteiger partial charge in [-0.25, -0.2) is 32.6 Å². The van der Waals surface area contributed by atoms with Gasteiger partial charge in [0.1, 0.15) is 5.69 Å². The Morgan fingerprint density at radius 2 is 1.73 bits per heavy atom. The van der Waals surface area contributed by atoms with Crippen molar-refractivity contribution in [1.82, 2.24) is 24.6 Å². The third kappa shape index (κ3) is 4.74. The predicted octanol–water partition coefficient (Wildman–Crippen LogP) is 2.90. The largest absolute Gasteiger partial charge is 0.433 e. The molecule has 4 aromatic rings. The minimum atomic E-state index is -4.69. The van der Waals surface area contributed by atoms with Gasteiger partial charge < -0.3 is 5.32 Å². The standard InChI is InChI=1S/C19H14F3N7O3S/c1-11-9-15(19(20,21)22)29-16(25-11)10-14(27-29)17(30)26-12-3-5-13(6-4-12)33(31,32)28-18-23-7-2-8-24-18/h2-10H,1H3,(H,26,30)(H,23,24,28). The number of sulfonamides is 1. The summed E-state index contributed by atoms with van der Waals surface area (Å²) in [5.74, 6) is -0.901. The first-order valence-corrected chi connectivity index (χ1v) is 10.7. The molecule has 33 heavy (non-hydrogen) atoms. The van der Waals surface area contributed by atoms with Crippen molar-refractivity contribution in [3.8, 4) is 0 Å². The normalized spacial score (nSPS) is 12.0. The van der Waals surface area contributed by atoms with E-state index in [4.69, 9.17) is 0 Å². The van der Waals surface area contributed by atoms with Crippen LogP contribution in [0.15, 0.2) is 59.8 Å². The van der Waals surface area contributed by atoms with Gasteiger partial charge >= 0.3 is 6.18 Å². The molecule has 0 atom stereocenters. The summed E-state index contributed by atoms with van der Waals surface area (Å²) in [4.78, 5) is 23.9. The molecule has 0 bridgehead atoms. The van der Waals surface area contributed by atoms with Crippen molar-refractivity contribution in [3.05, 3.63) is 71.9 Å². The van der Waals surface area contributed by atoms with Gasteiger partial charge in [-0.05, 0) is 43.3 Å². The van der Waals surface area contributed by atoms with E-state index >= 15 is 0 Å². The highest BCUT2D eigenvalue weighted by Crippen LogP contribution is 2.30. The average molecular weight is 477 g/mol. The van der Waals surface area contributed by atoms with Crippen molar-refractivity contribution in [2.24, 2.45) is 0 Å². The molecule has 2 N–H and O–H groups in total. The second-order valence-corrected chi connectivity index (χ2v) is 8.42. The lowest BCUT2D eigenvalue weighted by molar-refractivity contribution is -0.142. The molecule has 0 aliphatic rings. The van der Waals surface area contributed by atoms with Crippen molar-refractivity contribution in [2.45, 2.75) is 18.0 Å².